The molecule has 0 fully saturated rings. The van der Waals surface area contributed by atoms with Crippen LogP contribution < -0.4 is 5.73 Å². The summed E-state index contributed by atoms with van der Waals surface area (Å²) in [5, 5.41) is 0. The molecule has 35 heavy (non-hydrogen) atoms. The van der Waals surface area contributed by atoms with Crippen molar-refractivity contribution in [3.63, 3.8) is 0 Å². The second-order valence-electron chi connectivity index (χ2n) is 8.03. The fourth-order valence-corrected chi connectivity index (χ4v) is 3.05. The van der Waals surface area contributed by atoms with Gasteiger partial charge in [-0.25, -0.2) is 15.0 Å². The number of allylic oxidation sites excluding steroid dienone is 4. The first-order valence-corrected chi connectivity index (χ1v) is 12.2. The maximum atomic E-state index is 12.1. The lowest BCUT2D eigenvalue weighted by atomic mass is 10.2. The number of aromatic nitrogens is 4. The summed E-state index contributed by atoms with van der Waals surface area (Å²) in [6, 6.07) is 0. The quantitative estimate of drug-likeness (QED) is 0.258. The van der Waals surface area contributed by atoms with Crippen molar-refractivity contribution >= 4 is 28.9 Å². The number of hydrogen-bond acceptors (Lipinski definition) is 9. The van der Waals surface area contributed by atoms with E-state index in [-0.39, 0.29) is 50.5 Å². The molecule has 0 aliphatic rings. The summed E-state index contributed by atoms with van der Waals surface area (Å²) in [4.78, 5) is 36.5. The second-order valence-corrected chi connectivity index (χ2v) is 8.03. The maximum Gasteiger partial charge on any atom is 0.306 e. The van der Waals surface area contributed by atoms with Crippen molar-refractivity contribution in [1.29, 1.82) is 0 Å². The van der Waals surface area contributed by atoms with Crippen molar-refractivity contribution in [3.05, 3.63) is 37.0 Å². The number of ether oxygens (including phenoxy) is 3. The molecular formula is C25H37N5O5. The summed E-state index contributed by atoms with van der Waals surface area (Å²) in [6.07, 6.45) is 16.2. The van der Waals surface area contributed by atoms with Gasteiger partial charge in [-0.05, 0) is 25.7 Å². The van der Waals surface area contributed by atoms with E-state index in [1.165, 1.54) is 12.7 Å². The van der Waals surface area contributed by atoms with Gasteiger partial charge in [0.05, 0.1) is 6.33 Å². The van der Waals surface area contributed by atoms with Gasteiger partial charge in [0, 0.05) is 12.8 Å². The number of unbranched alkanes of at least 4 members (excludes halogenated alkanes) is 2. The van der Waals surface area contributed by atoms with Crippen molar-refractivity contribution in [1.82, 2.24) is 19.5 Å². The number of esters is 2. The van der Waals surface area contributed by atoms with Crippen molar-refractivity contribution in [2.45, 2.75) is 78.0 Å². The smallest absolute Gasteiger partial charge is 0.306 e. The second kappa shape index (κ2) is 16.4. The molecule has 0 spiro atoms. The Morgan fingerprint density at radius 3 is 2.06 bits per heavy atom. The van der Waals surface area contributed by atoms with Crippen LogP contribution >= 0.6 is 0 Å². The molecule has 0 saturated carbocycles. The van der Waals surface area contributed by atoms with Gasteiger partial charge >= 0.3 is 11.9 Å². The molecule has 2 rings (SSSR count). The van der Waals surface area contributed by atoms with Gasteiger partial charge in [0.25, 0.3) is 0 Å². The van der Waals surface area contributed by atoms with E-state index >= 15 is 0 Å². The predicted octanol–water partition coefficient (Wildman–Crippen LogP) is 4.11. The van der Waals surface area contributed by atoms with Gasteiger partial charge in [0.1, 0.15) is 37.9 Å². The molecule has 192 valence electrons. The third-order valence-corrected chi connectivity index (χ3v) is 5.01. The first-order valence-electron chi connectivity index (χ1n) is 12.2. The van der Waals surface area contributed by atoms with Gasteiger partial charge in [-0.1, -0.05) is 51.0 Å². The SMILES string of the molecule is CCCC=CCCC(=O)OCC(COC(=O)CCC=CCCC)OCn1cnc2c(N)ncnc21. The minimum atomic E-state index is -0.647. The first-order chi connectivity index (χ1) is 17.0. The monoisotopic (exact) mass is 487 g/mol. The number of rotatable bonds is 17. The van der Waals surface area contributed by atoms with E-state index < -0.39 is 6.10 Å². The van der Waals surface area contributed by atoms with Crippen LogP contribution in [0.25, 0.3) is 11.2 Å². The number of carbonyl (C=O) groups excluding carboxylic acids is 2. The highest BCUT2D eigenvalue weighted by molar-refractivity contribution is 5.81. The van der Waals surface area contributed by atoms with E-state index in [0.29, 0.717) is 24.0 Å². The van der Waals surface area contributed by atoms with Gasteiger partial charge in [0.15, 0.2) is 11.5 Å². The van der Waals surface area contributed by atoms with Crippen LogP contribution in [0.3, 0.4) is 0 Å². The van der Waals surface area contributed by atoms with Gasteiger partial charge in [-0.2, -0.15) is 0 Å². The molecule has 0 bridgehead atoms. The van der Waals surface area contributed by atoms with E-state index in [0.717, 1.165) is 25.7 Å². The molecule has 0 aliphatic heterocycles. The summed E-state index contributed by atoms with van der Waals surface area (Å²) in [5.41, 5.74) is 6.82. The molecule has 2 aromatic heterocycles. The number of fused-ring (bicyclic) bond motifs is 1. The summed E-state index contributed by atoms with van der Waals surface area (Å²) >= 11 is 0. The van der Waals surface area contributed by atoms with E-state index in [1.807, 2.05) is 12.2 Å². The molecule has 10 nitrogen and oxygen atoms in total. The minimum Gasteiger partial charge on any atom is -0.463 e. The molecule has 0 atom stereocenters. The van der Waals surface area contributed by atoms with Crippen molar-refractivity contribution in [2.75, 3.05) is 18.9 Å². The van der Waals surface area contributed by atoms with Gasteiger partial charge < -0.3 is 19.9 Å². The number of nitrogens with two attached hydrogens (primary N) is 1. The molecule has 0 unspecified atom stereocenters. The molecule has 0 radical (unpaired) electrons. The van der Waals surface area contributed by atoms with Crippen LogP contribution in [-0.4, -0.2) is 50.8 Å². The van der Waals surface area contributed by atoms with Crippen LogP contribution in [0.5, 0.6) is 0 Å². The Bertz CT molecular complexity index is 936. The van der Waals surface area contributed by atoms with Crippen LogP contribution in [-0.2, 0) is 30.5 Å². The number of hydrogen-bond donors (Lipinski definition) is 1. The fourth-order valence-electron chi connectivity index (χ4n) is 3.05. The van der Waals surface area contributed by atoms with Crippen molar-refractivity contribution in [3.8, 4) is 0 Å². The van der Waals surface area contributed by atoms with Crippen LogP contribution in [0.2, 0.25) is 0 Å². The van der Waals surface area contributed by atoms with Crippen molar-refractivity contribution in [2.24, 2.45) is 0 Å². The molecule has 0 aromatic carbocycles. The number of anilines is 1. The van der Waals surface area contributed by atoms with Gasteiger partial charge in [-0.15, -0.1) is 0 Å². The number of carbonyl (C=O) groups is 2. The van der Waals surface area contributed by atoms with Gasteiger partial charge in [0.2, 0.25) is 0 Å². The Balaban J connectivity index is 1.88. The van der Waals surface area contributed by atoms with E-state index in [2.05, 4.69) is 41.0 Å². The summed E-state index contributed by atoms with van der Waals surface area (Å²) < 4.78 is 18.3. The van der Waals surface area contributed by atoms with Crippen molar-refractivity contribution < 1.29 is 23.8 Å². The Kier molecular flexibility index (Phi) is 13.1. The lowest BCUT2D eigenvalue weighted by molar-refractivity contribution is -0.157. The zero-order valence-corrected chi connectivity index (χ0v) is 20.7. The van der Waals surface area contributed by atoms with E-state index in [1.54, 1.807) is 4.57 Å². The summed E-state index contributed by atoms with van der Waals surface area (Å²) in [6.45, 7) is 4.19. The molecule has 10 heteroatoms. The molecule has 0 amide bonds. The largest absolute Gasteiger partial charge is 0.463 e. The molecule has 2 N–H and O–H groups in total. The highest BCUT2D eigenvalue weighted by Gasteiger charge is 2.17. The molecular weight excluding hydrogens is 450 g/mol. The lowest BCUT2D eigenvalue weighted by Gasteiger charge is -2.18. The average molecular weight is 488 g/mol. The third-order valence-electron chi connectivity index (χ3n) is 5.01. The fraction of sp³-hybridized carbons (Fsp3) is 0.560. The Labute approximate surface area is 206 Å². The molecule has 2 heterocycles. The lowest BCUT2D eigenvalue weighted by Crippen LogP contribution is -2.29. The average Bonchev–Trinajstić information content (AvgIpc) is 3.27. The van der Waals surface area contributed by atoms with E-state index in [4.69, 9.17) is 19.9 Å². The van der Waals surface area contributed by atoms with Gasteiger partial charge in [-0.3, -0.25) is 14.2 Å². The molecule has 0 saturated heterocycles. The molecule has 2 aromatic rings. The Hall–Kier alpha value is -3.27. The highest BCUT2D eigenvalue weighted by Crippen LogP contribution is 2.14. The zero-order chi connectivity index (χ0) is 25.3. The predicted molar refractivity (Wildman–Crippen MR) is 133 cm³/mol. The topological polar surface area (TPSA) is 131 Å². The van der Waals surface area contributed by atoms with Crippen LogP contribution in [0.15, 0.2) is 37.0 Å². The van der Waals surface area contributed by atoms with E-state index in [9.17, 15) is 9.59 Å². The Morgan fingerprint density at radius 1 is 0.914 bits per heavy atom. The highest BCUT2D eigenvalue weighted by atomic mass is 16.6. The Morgan fingerprint density at radius 2 is 1.49 bits per heavy atom. The maximum absolute atomic E-state index is 12.1. The van der Waals surface area contributed by atoms with Crippen LogP contribution in [0, 0.1) is 0 Å². The number of nitrogens with zero attached hydrogens (tertiary/aromatic N) is 4. The number of nitrogen functional groups attached to an aromatic ring is 1. The third kappa shape index (κ3) is 10.7. The van der Waals surface area contributed by atoms with Crippen LogP contribution in [0.1, 0.15) is 65.2 Å². The van der Waals surface area contributed by atoms with Crippen LogP contribution in [0.4, 0.5) is 5.82 Å². The zero-order valence-electron chi connectivity index (χ0n) is 20.7. The standard InChI is InChI=1S/C25H37N5O5/c1-3-5-7-9-11-13-21(31)33-15-20(16-34-22(32)14-12-10-8-6-4-2)35-19-30-18-29-23-24(26)27-17-28-25(23)30/h7-10,17-18,20H,3-6,11-16,19H2,1-2H3,(H2,26,27,28). The number of imidazole rings is 1. The minimum absolute atomic E-state index is 0.0368. The normalized spacial score (nSPS) is 12.5. The first kappa shape index (κ1) is 28.0. The summed E-state index contributed by atoms with van der Waals surface area (Å²) in [5.74, 6) is -0.393. The molecule has 0 aliphatic carbocycles. The summed E-state index contributed by atoms with van der Waals surface area (Å²) in [7, 11) is 0.